The number of halogens is 1. The lowest BCUT2D eigenvalue weighted by atomic mass is 10.1. The van der Waals surface area contributed by atoms with E-state index in [0.29, 0.717) is 6.54 Å². The van der Waals surface area contributed by atoms with E-state index in [1.54, 1.807) is 26.1 Å². The van der Waals surface area contributed by atoms with Gasteiger partial charge in [0.1, 0.15) is 5.82 Å². The van der Waals surface area contributed by atoms with E-state index in [2.05, 4.69) is 19.1 Å². The molecule has 0 atom stereocenters. The van der Waals surface area contributed by atoms with Crippen LogP contribution in [-0.2, 0) is 13.0 Å². The van der Waals surface area contributed by atoms with E-state index in [-0.39, 0.29) is 11.5 Å². The van der Waals surface area contributed by atoms with E-state index < -0.39 is 5.82 Å². The van der Waals surface area contributed by atoms with Crippen molar-refractivity contribution in [2.75, 3.05) is 7.05 Å². The van der Waals surface area contributed by atoms with Crippen LogP contribution >= 0.6 is 0 Å². The van der Waals surface area contributed by atoms with Crippen LogP contribution in [0.2, 0.25) is 0 Å². The number of hydrogen-bond donors (Lipinski definition) is 0. The summed E-state index contributed by atoms with van der Waals surface area (Å²) in [5.74, 6) is -0.764. The molecule has 110 valence electrons. The minimum atomic E-state index is -0.465. The van der Waals surface area contributed by atoms with Crippen molar-refractivity contribution in [3.05, 3.63) is 70.5 Å². The van der Waals surface area contributed by atoms with Crippen molar-refractivity contribution in [2.24, 2.45) is 0 Å². The predicted octanol–water partition coefficient (Wildman–Crippen LogP) is 3.97. The van der Waals surface area contributed by atoms with Crippen molar-refractivity contribution in [2.45, 2.75) is 26.8 Å². The van der Waals surface area contributed by atoms with Crippen LogP contribution in [0.25, 0.3) is 0 Å². The summed E-state index contributed by atoms with van der Waals surface area (Å²) < 4.78 is 13.9. The molecule has 21 heavy (non-hydrogen) atoms. The van der Waals surface area contributed by atoms with Gasteiger partial charge in [-0.2, -0.15) is 0 Å². The highest BCUT2D eigenvalue weighted by atomic mass is 19.1. The molecule has 0 fully saturated rings. The lowest BCUT2D eigenvalue weighted by Crippen LogP contribution is -2.27. The third-order valence-electron chi connectivity index (χ3n) is 3.55. The van der Waals surface area contributed by atoms with Crippen molar-refractivity contribution in [1.82, 2.24) is 4.90 Å². The molecule has 0 saturated heterocycles. The molecule has 0 spiro atoms. The maximum Gasteiger partial charge on any atom is 0.256 e. The zero-order valence-corrected chi connectivity index (χ0v) is 12.7. The second kappa shape index (κ2) is 6.53. The van der Waals surface area contributed by atoms with Gasteiger partial charge in [-0.15, -0.1) is 0 Å². The largest absolute Gasteiger partial charge is 0.337 e. The molecular formula is C18H20FNO. The van der Waals surface area contributed by atoms with Gasteiger partial charge in [0.15, 0.2) is 0 Å². The fourth-order valence-electron chi connectivity index (χ4n) is 2.23. The van der Waals surface area contributed by atoms with Crippen molar-refractivity contribution in [1.29, 1.82) is 0 Å². The zero-order chi connectivity index (χ0) is 15.4. The van der Waals surface area contributed by atoms with Crippen LogP contribution in [0.1, 0.15) is 34.0 Å². The number of nitrogens with zero attached hydrogens (tertiary/aromatic N) is 1. The van der Waals surface area contributed by atoms with E-state index in [0.717, 1.165) is 17.5 Å². The summed E-state index contributed by atoms with van der Waals surface area (Å²) in [6.07, 6.45) is 0.990. The van der Waals surface area contributed by atoms with Crippen LogP contribution in [0, 0.1) is 12.7 Å². The Morgan fingerprint density at radius 3 is 2.29 bits per heavy atom. The summed E-state index contributed by atoms with van der Waals surface area (Å²) in [6, 6.07) is 12.8. The first kappa shape index (κ1) is 15.2. The lowest BCUT2D eigenvalue weighted by molar-refractivity contribution is 0.0780. The van der Waals surface area contributed by atoms with Crippen LogP contribution in [0.5, 0.6) is 0 Å². The highest BCUT2D eigenvalue weighted by Crippen LogP contribution is 2.14. The Hall–Kier alpha value is -2.16. The third kappa shape index (κ3) is 3.69. The Kier molecular flexibility index (Phi) is 4.73. The number of aryl methyl sites for hydroxylation is 2. The Bertz CT molecular complexity index is 634. The highest BCUT2D eigenvalue weighted by molar-refractivity contribution is 5.94. The molecule has 0 saturated carbocycles. The fourth-order valence-corrected chi connectivity index (χ4v) is 2.23. The minimum Gasteiger partial charge on any atom is -0.337 e. The summed E-state index contributed by atoms with van der Waals surface area (Å²) in [4.78, 5) is 13.8. The molecule has 1 amide bonds. The van der Waals surface area contributed by atoms with Gasteiger partial charge in [-0.3, -0.25) is 4.79 Å². The first-order chi connectivity index (χ1) is 10.0. The van der Waals surface area contributed by atoms with Crippen molar-refractivity contribution in [3.8, 4) is 0 Å². The summed E-state index contributed by atoms with van der Waals surface area (Å²) in [5, 5.41) is 0. The molecule has 0 aliphatic heterocycles. The third-order valence-corrected chi connectivity index (χ3v) is 3.55. The summed E-state index contributed by atoms with van der Waals surface area (Å²) in [5.41, 5.74) is 3.23. The zero-order valence-electron chi connectivity index (χ0n) is 12.7. The molecule has 2 rings (SSSR count). The Labute approximate surface area is 125 Å². The van der Waals surface area contributed by atoms with Crippen molar-refractivity contribution < 1.29 is 9.18 Å². The van der Waals surface area contributed by atoms with Gasteiger partial charge in [0.05, 0.1) is 5.56 Å². The number of benzene rings is 2. The molecule has 0 N–H and O–H groups in total. The molecule has 0 heterocycles. The maximum atomic E-state index is 13.9. The van der Waals surface area contributed by atoms with Gasteiger partial charge in [0.2, 0.25) is 0 Å². The van der Waals surface area contributed by atoms with Crippen molar-refractivity contribution in [3.63, 3.8) is 0 Å². The van der Waals surface area contributed by atoms with Crippen LogP contribution < -0.4 is 0 Å². The highest BCUT2D eigenvalue weighted by Gasteiger charge is 2.16. The van der Waals surface area contributed by atoms with Crippen LogP contribution in [0.3, 0.4) is 0 Å². The van der Waals surface area contributed by atoms with Gasteiger partial charge in [0, 0.05) is 13.6 Å². The van der Waals surface area contributed by atoms with E-state index >= 15 is 0 Å². The molecule has 0 aromatic heterocycles. The summed E-state index contributed by atoms with van der Waals surface area (Å²) >= 11 is 0. The molecular weight excluding hydrogens is 265 g/mol. The number of rotatable bonds is 4. The number of carbonyl (C=O) groups excluding carboxylic acids is 1. The smallest absolute Gasteiger partial charge is 0.256 e. The van der Waals surface area contributed by atoms with Gasteiger partial charge < -0.3 is 4.90 Å². The number of amides is 1. The topological polar surface area (TPSA) is 20.3 Å². The van der Waals surface area contributed by atoms with Gasteiger partial charge in [-0.05, 0) is 42.2 Å². The van der Waals surface area contributed by atoms with E-state index in [4.69, 9.17) is 0 Å². The van der Waals surface area contributed by atoms with E-state index in [9.17, 15) is 9.18 Å². The standard InChI is InChI=1S/C18H20FNO/c1-4-14-6-8-15(9-7-14)12-20(3)18(21)16-10-5-13(2)11-17(16)19/h5-11H,4,12H2,1-3H3. The van der Waals surface area contributed by atoms with Gasteiger partial charge in [-0.1, -0.05) is 37.3 Å². The molecule has 0 radical (unpaired) electrons. The lowest BCUT2D eigenvalue weighted by Gasteiger charge is -2.18. The average molecular weight is 285 g/mol. The molecule has 0 aliphatic carbocycles. The van der Waals surface area contributed by atoms with Crippen molar-refractivity contribution >= 4 is 5.91 Å². The molecule has 2 nitrogen and oxygen atoms in total. The Morgan fingerprint density at radius 1 is 1.10 bits per heavy atom. The SMILES string of the molecule is CCc1ccc(CN(C)C(=O)c2ccc(C)cc2F)cc1. The Morgan fingerprint density at radius 2 is 1.71 bits per heavy atom. The maximum absolute atomic E-state index is 13.9. The summed E-state index contributed by atoms with van der Waals surface area (Å²) in [7, 11) is 1.69. The molecule has 0 unspecified atom stereocenters. The average Bonchev–Trinajstić information content (AvgIpc) is 2.47. The normalized spacial score (nSPS) is 10.5. The second-order valence-electron chi connectivity index (χ2n) is 5.31. The molecule has 2 aromatic carbocycles. The fraction of sp³-hybridized carbons (Fsp3) is 0.278. The van der Waals surface area contributed by atoms with Gasteiger partial charge >= 0.3 is 0 Å². The quantitative estimate of drug-likeness (QED) is 0.832. The monoisotopic (exact) mass is 285 g/mol. The van der Waals surface area contributed by atoms with Gasteiger partial charge in [-0.25, -0.2) is 4.39 Å². The van der Waals surface area contributed by atoms with Crippen LogP contribution in [-0.4, -0.2) is 17.9 Å². The molecule has 3 heteroatoms. The number of carbonyl (C=O) groups is 1. The molecule has 2 aromatic rings. The van der Waals surface area contributed by atoms with Crippen LogP contribution in [0.4, 0.5) is 4.39 Å². The first-order valence-electron chi connectivity index (χ1n) is 7.10. The van der Waals surface area contributed by atoms with E-state index in [1.807, 2.05) is 12.1 Å². The van der Waals surface area contributed by atoms with Crippen LogP contribution in [0.15, 0.2) is 42.5 Å². The van der Waals surface area contributed by atoms with Gasteiger partial charge in [0.25, 0.3) is 5.91 Å². The second-order valence-corrected chi connectivity index (χ2v) is 5.31. The Balaban J connectivity index is 2.11. The first-order valence-corrected chi connectivity index (χ1v) is 7.10. The summed E-state index contributed by atoms with van der Waals surface area (Å²) in [6.45, 7) is 4.37. The molecule has 0 aliphatic rings. The molecule has 0 bridgehead atoms. The predicted molar refractivity (Wildman–Crippen MR) is 82.8 cm³/mol. The number of hydrogen-bond acceptors (Lipinski definition) is 1. The van der Waals surface area contributed by atoms with E-state index in [1.165, 1.54) is 16.5 Å². The minimum absolute atomic E-state index is 0.119.